The first kappa shape index (κ1) is 20.9. The van der Waals surface area contributed by atoms with E-state index >= 15 is 0 Å². The molecule has 0 saturated carbocycles. The van der Waals surface area contributed by atoms with Crippen molar-refractivity contribution in [1.82, 2.24) is 14.4 Å². The van der Waals surface area contributed by atoms with Crippen molar-refractivity contribution in [3.63, 3.8) is 0 Å². The molecule has 0 atom stereocenters. The van der Waals surface area contributed by atoms with E-state index in [1.54, 1.807) is 18.0 Å². The number of aryl methyl sites for hydroxylation is 1. The number of benzene rings is 2. The second-order valence-corrected chi connectivity index (χ2v) is 8.56. The van der Waals surface area contributed by atoms with Crippen molar-refractivity contribution in [2.75, 3.05) is 14.1 Å². The lowest BCUT2D eigenvalue weighted by Gasteiger charge is -2.10. The number of para-hydroxylation sites is 1. The Bertz CT molecular complexity index is 1210. The molecule has 3 aromatic rings. The minimum Gasteiger partial charge on any atom is -0.342 e. The van der Waals surface area contributed by atoms with E-state index in [-0.39, 0.29) is 5.91 Å². The monoisotopic (exact) mass is 457 g/mol. The minimum absolute atomic E-state index is 0.101. The molecular weight excluding hydrogens is 437 g/mol. The summed E-state index contributed by atoms with van der Waals surface area (Å²) >= 11 is 17.8. The second-order valence-electron chi connectivity index (χ2n) is 7.35. The number of hydrogen-bond donors (Lipinski definition) is 0. The maximum absolute atomic E-state index is 12.7. The summed E-state index contributed by atoms with van der Waals surface area (Å²) in [7, 11) is 3.52. The molecule has 2 aromatic carbocycles. The Labute approximate surface area is 191 Å². The normalized spacial score (nSPS) is 15.8. The first-order valence-electron chi connectivity index (χ1n) is 9.64. The van der Waals surface area contributed by atoms with Crippen LogP contribution in [0.4, 0.5) is 0 Å². The van der Waals surface area contributed by atoms with Crippen LogP contribution in [-0.4, -0.2) is 39.5 Å². The quantitative estimate of drug-likeness (QED) is 0.377. The van der Waals surface area contributed by atoms with Gasteiger partial charge < -0.3 is 9.47 Å². The highest BCUT2D eigenvalue weighted by molar-refractivity contribution is 7.80. The zero-order valence-electron chi connectivity index (χ0n) is 16.9. The van der Waals surface area contributed by atoms with Crippen LogP contribution in [0.3, 0.4) is 0 Å². The Hall–Kier alpha value is -2.34. The number of halogens is 2. The molecule has 1 aliphatic rings. The molecule has 1 aromatic heterocycles. The fourth-order valence-electron chi connectivity index (χ4n) is 3.86. The minimum atomic E-state index is -0.101. The molecule has 0 N–H and O–H groups in total. The third-order valence-corrected chi connectivity index (χ3v) is 6.64. The number of amides is 1. The van der Waals surface area contributed by atoms with Gasteiger partial charge in [0.15, 0.2) is 5.11 Å². The van der Waals surface area contributed by atoms with E-state index in [1.807, 2.05) is 25.3 Å². The molecule has 0 aliphatic carbocycles. The van der Waals surface area contributed by atoms with Crippen LogP contribution in [0.15, 0.2) is 48.3 Å². The van der Waals surface area contributed by atoms with E-state index in [9.17, 15) is 4.79 Å². The molecule has 1 saturated heterocycles. The SMILES string of the molecule is CCc1cccc2c(/C=C3/C(=O)N(C)C(=S)N3C)cn(Cc3ccc(Cl)cc3Cl)c12. The lowest BCUT2D eigenvalue weighted by Crippen LogP contribution is -2.26. The average Bonchev–Trinajstić information content (AvgIpc) is 3.16. The van der Waals surface area contributed by atoms with Gasteiger partial charge in [0.25, 0.3) is 5.91 Å². The Kier molecular flexibility index (Phi) is 5.62. The number of fused-ring (bicyclic) bond motifs is 1. The Morgan fingerprint density at radius 2 is 1.83 bits per heavy atom. The number of aromatic nitrogens is 1. The second kappa shape index (κ2) is 8.06. The summed E-state index contributed by atoms with van der Waals surface area (Å²) < 4.78 is 2.19. The predicted molar refractivity (Wildman–Crippen MR) is 128 cm³/mol. The summed E-state index contributed by atoms with van der Waals surface area (Å²) in [5, 5.41) is 2.84. The van der Waals surface area contributed by atoms with Gasteiger partial charge in [-0.2, -0.15) is 0 Å². The van der Waals surface area contributed by atoms with Crippen LogP contribution in [0.1, 0.15) is 23.6 Å². The number of carbonyl (C=O) groups excluding carboxylic acids is 1. The molecule has 0 bridgehead atoms. The molecule has 0 unspecified atom stereocenters. The van der Waals surface area contributed by atoms with Gasteiger partial charge in [-0.15, -0.1) is 0 Å². The highest BCUT2D eigenvalue weighted by Crippen LogP contribution is 2.31. The van der Waals surface area contributed by atoms with Crippen molar-refractivity contribution in [2.45, 2.75) is 19.9 Å². The lowest BCUT2D eigenvalue weighted by atomic mass is 10.1. The molecule has 4 nitrogen and oxygen atoms in total. The first-order valence-corrected chi connectivity index (χ1v) is 10.8. The first-order chi connectivity index (χ1) is 14.3. The van der Waals surface area contributed by atoms with Gasteiger partial charge in [0.1, 0.15) is 5.70 Å². The standard InChI is InChI=1S/C23H21Cl2N3OS/c1-4-14-6-5-7-18-16(10-20-22(29)27(3)23(30)26(20)2)13-28(21(14)18)12-15-8-9-17(24)11-19(15)25/h5-11,13H,4,12H2,1-3H3/b20-10-. The molecule has 30 heavy (non-hydrogen) atoms. The average molecular weight is 458 g/mol. The van der Waals surface area contributed by atoms with E-state index < -0.39 is 0 Å². The number of nitrogens with zero attached hydrogens (tertiary/aromatic N) is 3. The van der Waals surface area contributed by atoms with E-state index in [1.165, 1.54) is 10.5 Å². The predicted octanol–water partition coefficient (Wildman–Crippen LogP) is 5.59. The summed E-state index contributed by atoms with van der Waals surface area (Å²) in [6.45, 7) is 2.75. The van der Waals surface area contributed by atoms with Crippen molar-refractivity contribution >= 4 is 63.4 Å². The Morgan fingerprint density at radius 3 is 2.47 bits per heavy atom. The zero-order chi connectivity index (χ0) is 21.6. The molecule has 0 spiro atoms. The third kappa shape index (κ3) is 3.51. The summed E-state index contributed by atoms with van der Waals surface area (Å²) in [4.78, 5) is 15.9. The number of rotatable bonds is 4. The van der Waals surface area contributed by atoms with Crippen LogP contribution in [0.25, 0.3) is 17.0 Å². The number of thiocarbonyl (C=S) groups is 1. The summed E-state index contributed by atoms with van der Waals surface area (Å²) in [6, 6.07) is 11.8. The topological polar surface area (TPSA) is 28.5 Å². The molecule has 0 radical (unpaired) electrons. The van der Waals surface area contributed by atoms with Crippen molar-refractivity contribution in [2.24, 2.45) is 0 Å². The van der Waals surface area contributed by atoms with Crippen molar-refractivity contribution in [1.29, 1.82) is 0 Å². The maximum atomic E-state index is 12.7. The highest BCUT2D eigenvalue weighted by Gasteiger charge is 2.33. The van der Waals surface area contributed by atoms with Gasteiger partial charge in [-0.1, -0.05) is 54.4 Å². The van der Waals surface area contributed by atoms with Gasteiger partial charge in [0.2, 0.25) is 0 Å². The van der Waals surface area contributed by atoms with Gasteiger partial charge in [-0.25, -0.2) is 0 Å². The molecule has 154 valence electrons. The van der Waals surface area contributed by atoms with Gasteiger partial charge in [0.05, 0.1) is 5.52 Å². The molecule has 1 fully saturated rings. The molecule has 4 rings (SSSR count). The Morgan fingerprint density at radius 1 is 1.07 bits per heavy atom. The molecular formula is C23H21Cl2N3OS. The van der Waals surface area contributed by atoms with Crippen molar-refractivity contribution < 1.29 is 4.79 Å². The smallest absolute Gasteiger partial charge is 0.276 e. The van der Waals surface area contributed by atoms with Crippen LogP contribution >= 0.6 is 35.4 Å². The largest absolute Gasteiger partial charge is 0.342 e. The van der Waals surface area contributed by atoms with Crippen molar-refractivity contribution in [3.8, 4) is 0 Å². The van der Waals surface area contributed by atoms with E-state index in [0.29, 0.717) is 27.4 Å². The summed E-state index contributed by atoms with van der Waals surface area (Å²) in [6.07, 6.45) is 4.89. The Balaban J connectivity index is 1.87. The molecule has 1 amide bonds. The fourth-order valence-corrected chi connectivity index (χ4v) is 4.51. The van der Waals surface area contributed by atoms with Crippen LogP contribution in [0.5, 0.6) is 0 Å². The van der Waals surface area contributed by atoms with Gasteiger partial charge in [0, 0.05) is 47.8 Å². The number of likely N-dealkylation sites (N-methyl/N-ethyl adjacent to an activating group) is 2. The van der Waals surface area contributed by atoms with E-state index in [2.05, 4.69) is 35.9 Å². The van der Waals surface area contributed by atoms with Gasteiger partial charge in [-0.05, 0) is 48.0 Å². The molecule has 1 aliphatic heterocycles. The lowest BCUT2D eigenvalue weighted by molar-refractivity contribution is -0.121. The van der Waals surface area contributed by atoms with Crippen molar-refractivity contribution in [3.05, 3.63) is 75.0 Å². The molecule has 7 heteroatoms. The maximum Gasteiger partial charge on any atom is 0.276 e. The fraction of sp³-hybridized carbons (Fsp3) is 0.217. The van der Waals surface area contributed by atoms with Crippen LogP contribution in [-0.2, 0) is 17.8 Å². The third-order valence-electron chi connectivity index (χ3n) is 5.50. The summed E-state index contributed by atoms with van der Waals surface area (Å²) in [5.41, 5.74) is 4.90. The summed E-state index contributed by atoms with van der Waals surface area (Å²) in [5.74, 6) is -0.101. The zero-order valence-corrected chi connectivity index (χ0v) is 19.3. The number of hydrogen-bond acceptors (Lipinski definition) is 2. The highest BCUT2D eigenvalue weighted by atomic mass is 35.5. The van der Waals surface area contributed by atoms with Crippen LogP contribution in [0.2, 0.25) is 10.0 Å². The van der Waals surface area contributed by atoms with E-state index in [4.69, 9.17) is 35.4 Å². The van der Waals surface area contributed by atoms with Gasteiger partial charge >= 0.3 is 0 Å². The van der Waals surface area contributed by atoms with E-state index in [0.717, 1.165) is 28.5 Å². The molecule has 2 heterocycles. The van der Waals surface area contributed by atoms with Crippen LogP contribution in [0, 0.1) is 0 Å². The van der Waals surface area contributed by atoms with Crippen LogP contribution < -0.4 is 0 Å². The van der Waals surface area contributed by atoms with Gasteiger partial charge in [-0.3, -0.25) is 9.69 Å². The number of carbonyl (C=O) groups is 1.